The Bertz CT molecular complexity index is 963. The summed E-state index contributed by atoms with van der Waals surface area (Å²) in [5, 5.41) is 15.0. The highest BCUT2D eigenvalue weighted by Crippen LogP contribution is 2.34. The lowest BCUT2D eigenvalue weighted by atomic mass is 10.1. The molecule has 0 atom stereocenters. The molecule has 0 amide bonds. The molecule has 3 rings (SSSR count). The van der Waals surface area contributed by atoms with Gasteiger partial charge in [-0.15, -0.1) is 0 Å². The summed E-state index contributed by atoms with van der Waals surface area (Å²) in [5.74, 6) is 0.621. The van der Waals surface area contributed by atoms with Crippen molar-refractivity contribution in [2.24, 2.45) is 5.73 Å². The molecule has 1 aromatic heterocycles. The van der Waals surface area contributed by atoms with Crippen molar-refractivity contribution in [1.82, 2.24) is 4.98 Å². The molecule has 6 heteroatoms. The second kappa shape index (κ2) is 11.3. The van der Waals surface area contributed by atoms with Crippen molar-refractivity contribution < 1.29 is 0 Å². The molecule has 0 spiro atoms. The van der Waals surface area contributed by atoms with Gasteiger partial charge in [0.05, 0.1) is 11.2 Å². The summed E-state index contributed by atoms with van der Waals surface area (Å²) in [4.78, 5) is 6.99. The van der Waals surface area contributed by atoms with Gasteiger partial charge in [0.2, 0.25) is 0 Å². The molecule has 1 heterocycles. The SMILES string of the molecule is CCCN(CC)c1c(C#N)c(NCc2ccc(Cl)cc2)nc2ccccc12.CN. The second-order valence-corrected chi connectivity index (χ2v) is 6.81. The van der Waals surface area contributed by atoms with E-state index in [-0.39, 0.29) is 0 Å². The largest absolute Gasteiger partial charge is 0.370 e. The van der Waals surface area contributed by atoms with Gasteiger partial charge in [0.15, 0.2) is 0 Å². The van der Waals surface area contributed by atoms with Gasteiger partial charge in [0.25, 0.3) is 0 Å². The maximum absolute atomic E-state index is 9.93. The first-order chi connectivity index (χ1) is 14.2. The number of halogens is 1. The molecule has 0 aliphatic heterocycles. The molecule has 0 radical (unpaired) electrons. The highest BCUT2D eigenvalue weighted by Gasteiger charge is 2.19. The van der Waals surface area contributed by atoms with Crippen LogP contribution in [0, 0.1) is 11.3 Å². The van der Waals surface area contributed by atoms with Crippen LogP contribution in [0.5, 0.6) is 0 Å². The number of nitrogens with zero attached hydrogens (tertiary/aromatic N) is 3. The maximum atomic E-state index is 9.93. The van der Waals surface area contributed by atoms with Crippen LogP contribution in [-0.2, 0) is 6.54 Å². The Morgan fingerprint density at radius 1 is 1.10 bits per heavy atom. The number of nitrogens with one attached hydrogen (secondary N) is 1. The van der Waals surface area contributed by atoms with E-state index in [9.17, 15) is 5.26 Å². The summed E-state index contributed by atoms with van der Waals surface area (Å²) in [5.41, 5.74) is 8.03. The zero-order valence-corrected chi connectivity index (χ0v) is 18.0. The molecule has 3 aromatic rings. The predicted molar refractivity (Wildman–Crippen MR) is 124 cm³/mol. The van der Waals surface area contributed by atoms with Gasteiger partial charge in [0.1, 0.15) is 17.5 Å². The Kier molecular flexibility index (Phi) is 8.72. The first kappa shape index (κ1) is 22.5. The van der Waals surface area contributed by atoms with E-state index in [1.54, 1.807) is 0 Å². The van der Waals surface area contributed by atoms with Crippen LogP contribution in [0.25, 0.3) is 10.9 Å². The number of pyridine rings is 1. The maximum Gasteiger partial charge on any atom is 0.147 e. The van der Waals surface area contributed by atoms with Crippen LogP contribution in [0.15, 0.2) is 48.5 Å². The van der Waals surface area contributed by atoms with E-state index in [1.165, 1.54) is 7.05 Å². The summed E-state index contributed by atoms with van der Waals surface area (Å²) in [7, 11) is 1.50. The minimum absolute atomic E-state index is 0.580. The molecule has 0 saturated heterocycles. The first-order valence-electron chi connectivity index (χ1n) is 9.81. The minimum Gasteiger partial charge on any atom is -0.370 e. The molecule has 2 aromatic carbocycles. The van der Waals surface area contributed by atoms with Crippen molar-refractivity contribution in [3.8, 4) is 6.07 Å². The zero-order valence-electron chi connectivity index (χ0n) is 17.2. The number of para-hydroxylation sites is 1. The lowest BCUT2D eigenvalue weighted by molar-refractivity contribution is 0.793. The van der Waals surface area contributed by atoms with E-state index in [2.05, 4.69) is 35.9 Å². The Morgan fingerprint density at radius 3 is 2.41 bits per heavy atom. The zero-order chi connectivity index (χ0) is 21.2. The molecule has 3 N–H and O–H groups in total. The van der Waals surface area contributed by atoms with E-state index in [1.807, 2.05) is 48.5 Å². The number of nitriles is 1. The van der Waals surface area contributed by atoms with E-state index in [4.69, 9.17) is 16.6 Å². The number of hydrogen-bond donors (Lipinski definition) is 2. The number of anilines is 2. The fraction of sp³-hybridized carbons (Fsp3) is 0.304. The topological polar surface area (TPSA) is 78.0 Å². The quantitative estimate of drug-likeness (QED) is 0.561. The fourth-order valence-corrected chi connectivity index (χ4v) is 3.37. The summed E-state index contributed by atoms with van der Waals surface area (Å²) in [6, 6.07) is 18.1. The van der Waals surface area contributed by atoms with Crippen LogP contribution >= 0.6 is 11.6 Å². The van der Waals surface area contributed by atoms with Crippen LogP contribution in [0.4, 0.5) is 11.5 Å². The van der Waals surface area contributed by atoms with Gasteiger partial charge in [-0.25, -0.2) is 4.98 Å². The molecule has 0 aliphatic rings. The highest BCUT2D eigenvalue weighted by atomic mass is 35.5. The summed E-state index contributed by atoms with van der Waals surface area (Å²) >= 11 is 5.96. The predicted octanol–water partition coefficient (Wildman–Crippen LogP) is 5.18. The molecule has 0 aliphatic carbocycles. The lowest BCUT2D eigenvalue weighted by Gasteiger charge is -2.26. The number of rotatable bonds is 7. The van der Waals surface area contributed by atoms with Crippen molar-refractivity contribution >= 4 is 34.0 Å². The van der Waals surface area contributed by atoms with E-state index >= 15 is 0 Å². The van der Waals surface area contributed by atoms with E-state index in [0.29, 0.717) is 22.9 Å². The highest BCUT2D eigenvalue weighted by molar-refractivity contribution is 6.30. The van der Waals surface area contributed by atoms with Crippen molar-refractivity contribution in [2.75, 3.05) is 30.4 Å². The Hall–Kier alpha value is -2.81. The number of fused-ring (bicyclic) bond motifs is 1. The molecular weight excluding hydrogens is 382 g/mol. The Balaban J connectivity index is 0.00000145. The number of benzene rings is 2. The minimum atomic E-state index is 0.580. The molecule has 0 bridgehead atoms. The first-order valence-corrected chi connectivity index (χ1v) is 10.2. The van der Waals surface area contributed by atoms with Crippen LogP contribution in [0.2, 0.25) is 5.02 Å². The third kappa shape index (κ3) is 5.38. The third-order valence-electron chi connectivity index (χ3n) is 4.54. The van der Waals surface area contributed by atoms with Crippen molar-refractivity contribution in [2.45, 2.75) is 26.8 Å². The average Bonchev–Trinajstić information content (AvgIpc) is 2.77. The lowest BCUT2D eigenvalue weighted by Crippen LogP contribution is -2.25. The smallest absolute Gasteiger partial charge is 0.147 e. The standard InChI is InChI=1S/C22H23ClN4.CH5N/c1-3-13-27(4-2)21-18-7-5-6-8-20(18)26-22(19(21)14-24)25-15-16-9-11-17(23)12-10-16;1-2/h5-12H,3-4,13,15H2,1-2H3,(H,25,26);2H2,1H3. The summed E-state index contributed by atoms with van der Waals surface area (Å²) < 4.78 is 0. The van der Waals surface area contributed by atoms with Gasteiger partial charge in [-0.2, -0.15) is 5.26 Å². The molecular formula is C23H28ClN5. The summed E-state index contributed by atoms with van der Waals surface area (Å²) in [6.45, 7) is 6.59. The molecule has 29 heavy (non-hydrogen) atoms. The van der Waals surface area contributed by atoms with E-state index in [0.717, 1.165) is 41.7 Å². The molecule has 152 valence electrons. The van der Waals surface area contributed by atoms with Crippen LogP contribution in [-0.4, -0.2) is 25.1 Å². The number of hydrogen-bond acceptors (Lipinski definition) is 5. The van der Waals surface area contributed by atoms with Crippen LogP contribution in [0.1, 0.15) is 31.4 Å². The third-order valence-corrected chi connectivity index (χ3v) is 4.79. The van der Waals surface area contributed by atoms with Crippen LogP contribution < -0.4 is 16.0 Å². The van der Waals surface area contributed by atoms with Gasteiger partial charge in [-0.05, 0) is 44.2 Å². The van der Waals surface area contributed by atoms with Gasteiger partial charge >= 0.3 is 0 Å². The van der Waals surface area contributed by atoms with Gasteiger partial charge in [0, 0.05) is 30.0 Å². The second-order valence-electron chi connectivity index (χ2n) is 6.37. The number of nitrogens with two attached hydrogens (primary N) is 1. The van der Waals surface area contributed by atoms with Crippen molar-refractivity contribution in [3.63, 3.8) is 0 Å². The van der Waals surface area contributed by atoms with Crippen molar-refractivity contribution in [3.05, 3.63) is 64.7 Å². The average molecular weight is 410 g/mol. The van der Waals surface area contributed by atoms with Gasteiger partial charge in [-0.3, -0.25) is 0 Å². The van der Waals surface area contributed by atoms with Gasteiger partial charge < -0.3 is 16.0 Å². The van der Waals surface area contributed by atoms with Crippen LogP contribution in [0.3, 0.4) is 0 Å². The number of aromatic nitrogens is 1. The molecule has 0 saturated carbocycles. The molecule has 5 nitrogen and oxygen atoms in total. The normalized spacial score (nSPS) is 10.1. The van der Waals surface area contributed by atoms with E-state index < -0.39 is 0 Å². The summed E-state index contributed by atoms with van der Waals surface area (Å²) in [6.07, 6.45) is 1.02. The van der Waals surface area contributed by atoms with Crippen molar-refractivity contribution in [1.29, 1.82) is 5.26 Å². The Morgan fingerprint density at radius 2 is 1.79 bits per heavy atom. The fourth-order valence-electron chi connectivity index (χ4n) is 3.24. The molecule has 0 unspecified atom stereocenters. The Labute approximate surface area is 178 Å². The van der Waals surface area contributed by atoms with Gasteiger partial charge in [-0.1, -0.05) is 48.9 Å². The molecule has 0 fully saturated rings. The monoisotopic (exact) mass is 409 g/mol.